The lowest BCUT2D eigenvalue weighted by molar-refractivity contribution is -0.209. The number of anilines is 1. The number of pyridine rings is 1. The minimum atomic E-state index is -1.18. The van der Waals surface area contributed by atoms with Crippen molar-refractivity contribution >= 4 is 39.1 Å². The number of rotatable bonds is 7. The molecule has 9 heteroatoms. The quantitative estimate of drug-likeness (QED) is 0.176. The smallest absolute Gasteiger partial charge is 0.189 e. The summed E-state index contributed by atoms with van der Waals surface area (Å²) in [5, 5.41) is 15.4. The lowest BCUT2D eigenvalue weighted by Crippen LogP contribution is -2.32. The number of fused-ring (bicyclic) bond motifs is 1. The molecule has 7 nitrogen and oxygen atoms in total. The molecule has 3 aromatic rings. The van der Waals surface area contributed by atoms with Crippen LogP contribution in [0.1, 0.15) is 51.9 Å². The second kappa shape index (κ2) is 11.1. The molecule has 1 aliphatic carbocycles. The van der Waals surface area contributed by atoms with E-state index in [1.54, 1.807) is 25.2 Å². The summed E-state index contributed by atoms with van der Waals surface area (Å²) in [6, 6.07) is 2.12. The summed E-state index contributed by atoms with van der Waals surface area (Å²) < 4.78 is 6.99. The standard InChI is InChI=1S/C23H29N5O2S2.C2H6/c1-7-14-10-15(11-16(14)30-23(4,5)29)26-20-18(12(2)25-22(28-20)31-6)21-27-19-13(3)24-9-8-17(19)32-21;1-2/h7-9,14-16,29H,1,10-11H2,2-6H3,(H,25,26,28);1-2H3/t14?,15?,16-;/m0./s1. The van der Waals surface area contributed by atoms with Crippen molar-refractivity contribution < 1.29 is 9.84 Å². The fourth-order valence-corrected chi connectivity index (χ4v) is 5.71. The average molecular weight is 502 g/mol. The van der Waals surface area contributed by atoms with Gasteiger partial charge in [0, 0.05) is 18.2 Å². The molecule has 0 saturated heterocycles. The first-order valence-corrected chi connectivity index (χ1v) is 13.7. The van der Waals surface area contributed by atoms with E-state index in [4.69, 9.17) is 14.7 Å². The maximum atomic E-state index is 10.1. The summed E-state index contributed by atoms with van der Waals surface area (Å²) in [5.74, 6) is -0.249. The minimum absolute atomic E-state index is 0.104. The van der Waals surface area contributed by atoms with E-state index in [1.165, 1.54) is 11.8 Å². The predicted octanol–water partition coefficient (Wildman–Crippen LogP) is 6.00. The summed E-state index contributed by atoms with van der Waals surface area (Å²) in [7, 11) is 0. The molecule has 3 heterocycles. The lowest BCUT2D eigenvalue weighted by atomic mass is 10.1. The van der Waals surface area contributed by atoms with Gasteiger partial charge in [-0.15, -0.1) is 17.9 Å². The summed E-state index contributed by atoms with van der Waals surface area (Å²) in [5.41, 5.74) is 3.64. The molecule has 4 rings (SSSR count). The SMILES string of the molecule is C=CC1CC(Nc2nc(SC)nc(C)c2-c2nc3c(C)nccc3s2)C[C@@H]1OC(C)(C)O.CC. The summed E-state index contributed by atoms with van der Waals surface area (Å²) >= 11 is 3.14. The Morgan fingerprint density at radius 1 is 1.21 bits per heavy atom. The summed E-state index contributed by atoms with van der Waals surface area (Å²) in [6.45, 7) is 15.3. The van der Waals surface area contributed by atoms with Gasteiger partial charge in [0.15, 0.2) is 10.9 Å². The van der Waals surface area contributed by atoms with Crippen LogP contribution in [-0.4, -0.2) is 49.2 Å². The third-order valence-electron chi connectivity index (χ3n) is 5.59. The van der Waals surface area contributed by atoms with E-state index in [2.05, 4.69) is 21.9 Å². The van der Waals surface area contributed by atoms with Crippen molar-refractivity contribution in [3.63, 3.8) is 0 Å². The number of hydrogen-bond acceptors (Lipinski definition) is 9. The largest absolute Gasteiger partial charge is 0.366 e. The van der Waals surface area contributed by atoms with Gasteiger partial charge in [-0.1, -0.05) is 31.7 Å². The Balaban J connectivity index is 0.00000158. The van der Waals surface area contributed by atoms with Crippen molar-refractivity contribution in [2.75, 3.05) is 11.6 Å². The highest BCUT2D eigenvalue weighted by Crippen LogP contribution is 2.39. The van der Waals surface area contributed by atoms with Gasteiger partial charge in [-0.2, -0.15) is 0 Å². The molecule has 1 saturated carbocycles. The summed E-state index contributed by atoms with van der Waals surface area (Å²) in [4.78, 5) is 18.7. The van der Waals surface area contributed by atoms with Gasteiger partial charge in [0.1, 0.15) is 16.3 Å². The van der Waals surface area contributed by atoms with E-state index >= 15 is 0 Å². The van der Waals surface area contributed by atoms with Crippen LogP contribution in [0.5, 0.6) is 0 Å². The van der Waals surface area contributed by atoms with Crippen LogP contribution in [0.3, 0.4) is 0 Å². The molecule has 0 spiro atoms. The molecule has 0 bridgehead atoms. The Kier molecular flexibility index (Phi) is 8.67. The molecule has 3 aromatic heterocycles. The molecule has 1 fully saturated rings. The van der Waals surface area contributed by atoms with Crippen LogP contribution in [0, 0.1) is 19.8 Å². The van der Waals surface area contributed by atoms with Gasteiger partial charge in [0.2, 0.25) is 0 Å². The zero-order valence-electron chi connectivity index (χ0n) is 21.0. The molecule has 0 amide bonds. The predicted molar refractivity (Wildman–Crippen MR) is 143 cm³/mol. The molecule has 34 heavy (non-hydrogen) atoms. The Hall–Kier alpha value is -2.07. The Morgan fingerprint density at radius 3 is 2.56 bits per heavy atom. The molecular formula is C25H35N5O2S2. The normalized spacial score (nSPS) is 20.2. The number of nitrogens with one attached hydrogen (secondary N) is 1. The van der Waals surface area contributed by atoms with Gasteiger partial charge in [0.25, 0.3) is 0 Å². The average Bonchev–Trinajstić information content (AvgIpc) is 3.38. The third-order valence-corrected chi connectivity index (χ3v) is 7.18. The Labute approximate surface area is 210 Å². The Morgan fingerprint density at radius 2 is 1.94 bits per heavy atom. The van der Waals surface area contributed by atoms with Crippen molar-refractivity contribution in [3.05, 3.63) is 36.3 Å². The second-order valence-corrected chi connectivity index (χ2v) is 10.4. The number of thioether (sulfide) groups is 1. The van der Waals surface area contributed by atoms with E-state index < -0.39 is 5.79 Å². The molecule has 0 aromatic carbocycles. The third kappa shape index (κ3) is 5.94. The van der Waals surface area contributed by atoms with Crippen LogP contribution in [0.2, 0.25) is 0 Å². The molecule has 2 N–H and O–H groups in total. The molecule has 0 radical (unpaired) electrons. The van der Waals surface area contributed by atoms with Crippen LogP contribution in [-0.2, 0) is 4.74 Å². The number of nitrogens with zero attached hydrogens (tertiary/aromatic N) is 4. The van der Waals surface area contributed by atoms with Crippen molar-refractivity contribution in [3.8, 4) is 10.6 Å². The van der Waals surface area contributed by atoms with Gasteiger partial charge in [-0.05, 0) is 52.9 Å². The summed E-state index contributed by atoms with van der Waals surface area (Å²) in [6.07, 6.45) is 7.20. The van der Waals surface area contributed by atoms with Crippen molar-refractivity contribution in [2.45, 2.75) is 77.5 Å². The molecular weight excluding hydrogens is 466 g/mol. The number of aromatic nitrogens is 4. The first-order valence-electron chi connectivity index (χ1n) is 11.6. The van der Waals surface area contributed by atoms with E-state index in [0.29, 0.717) is 0 Å². The number of aryl methyl sites for hydroxylation is 2. The molecule has 0 aliphatic heterocycles. The number of thiazole rings is 1. The molecule has 1 aliphatic rings. The fraction of sp³-hybridized carbons (Fsp3) is 0.520. The van der Waals surface area contributed by atoms with Gasteiger partial charge >= 0.3 is 0 Å². The van der Waals surface area contributed by atoms with E-state index in [1.807, 2.05) is 52.3 Å². The van der Waals surface area contributed by atoms with Crippen LogP contribution < -0.4 is 5.32 Å². The monoisotopic (exact) mass is 501 g/mol. The minimum Gasteiger partial charge on any atom is -0.366 e. The molecule has 3 atom stereocenters. The topological polar surface area (TPSA) is 93.1 Å². The van der Waals surface area contributed by atoms with Crippen LogP contribution in [0.4, 0.5) is 5.82 Å². The zero-order chi connectivity index (χ0) is 25.0. The number of ether oxygens (including phenoxy) is 1. The highest BCUT2D eigenvalue weighted by atomic mass is 32.2. The zero-order valence-corrected chi connectivity index (χ0v) is 22.7. The Bertz CT molecular complexity index is 1140. The van der Waals surface area contributed by atoms with Gasteiger partial charge in [-0.3, -0.25) is 4.98 Å². The molecule has 2 unspecified atom stereocenters. The van der Waals surface area contributed by atoms with Crippen molar-refractivity contribution in [1.82, 2.24) is 19.9 Å². The highest BCUT2D eigenvalue weighted by Gasteiger charge is 2.37. The van der Waals surface area contributed by atoms with Gasteiger partial charge < -0.3 is 15.2 Å². The highest BCUT2D eigenvalue weighted by molar-refractivity contribution is 7.98. The first kappa shape index (κ1) is 26.5. The second-order valence-electron chi connectivity index (χ2n) is 8.60. The van der Waals surface area contributed by atoms with Crippen LogP contribution in [0.25, 0.3) is 20.8 Å². The maximum absolute atomic E-state index is 10.1. The van der Waals surface area contributed by atoms with E-state index in [9.17, 15) is 5.11 Å². The lowest BCUT2D eigenvalue weighted by Gasteiger charge is -2.26. The van der Waals surface area contributed by atoms with Crippen LogP contribution >= 0.6 is 23.1 Å². The van der Waals surface area contributed by atoms with Crippen LogP contribution in [0.15, 0.2) is 30.1 Å². The number of aliphatic hydroxyl groups is 1. The van der Waals surface area contributed by atoms with E-state index in [0.717, 1.165) is 56.0 Å². The first-order chi connectivity index (χ1) is 16.2. The van der Waals surface area contributed by atoms with Crippen molar-refractivity contribution in [1.29, 1.82) is 0 Å². The van der Waals surface area contributed by atoms with Crippen molar-refractivity contribution in [2.24, 2.45) is 5.92 Å². The van der Waals surface area contributed by atoms with Gasteiger partial charge in [-0.25, -0.2) is 15.0 Å². The number of hydrogen-bond donors (Lipinski definition) is 2. The fourth-order valence-electron chi connectivity index (χ4n) is 4.18. The van der Waals surface area contributed by atoms with E-state index in [-0.39, 0.29) is 18.1 Å². The maximum Gasteiger partial charge on any atom is 0.189 e. The van der Waals surface area contributed by atoms with Gasteiger partial charge in [0.05, 0.1) is 27.8 Å². The molecule has 184 valence electrons.